The number of likely N-dealkylation sites (tertiary alicyclic amines) is 1. The molecular formula is C19H21N3O3. The molecule has 0 bridgehead atoms. The van der Waals surface area contributed by atoms with Crippen LogP contribution in [0.2, 0.25) is 0 Å². The van der Waals surface area contributed by atoms with Gasteiger partial charge in [-0.15, -0.1) is 0 Å². The Balaban J connectivity index is 1.46. The van der Waals surface area contributed by atoms with Gasteiger partial charge in [0.1, 0.15) is 6.10 Å². The number of nitrogens with zero attached hydrogens (tertiary/aromatic N) is 3. The zero-order chi connectivity index (χ0) is 17.1. The average molecular weight is 339 g/mol. The number of hydrogen-bond donors (Lipinski definition) is 0. The Hall–Kier alpha value is -2.47. The SMILES string of the molecule is O=C(C1OCCc2ccccc21)N1CCCC(Oc2cnccn2)C1. The number of rotatable bonds is 3. The number of hydrogen-bond acceptors (Lipinski definition) is 5. The van der Waals surface area contributed by atoms with Crippen LogP contribution < -0.4 is 4.74 Å². The Morgan fingerprint density at radius 3 is 3.08 bits per heavy atom. The maximum atomic E-state index is 13.0. The van der Waals surface area contributed by atoms with Crippen molar-refractivity contribution in [3.8, 4) is 5.88 Å². The highest BCUT2D eigenvalue weighted by Gasteiger charge is 2.33. The van der Waals surface area contributed by atoms with Crippen LogP contribution in [0.15, 0.2) is 42.9 Å². The summed E-state index contributed by atoms with van der Waals surface area (Å²) in [4.78, 5) is 23.1. The maximum absolute atomic E-state index is 13.0. The van der Waals surface area contributed by atoms with Crippen LogP contribution in [0.3, 0.4) is 0 Å². The monoisotopic (exact) mass is 339 g/mol. The van der Waals surface area contributed by atoms with Gasteiger partial charge >= 0.3 is 0 Å². The molecule has 0 aliphatic carbocycles. The van der Waals surface area contributed by atoms with E-state index in [4.69, 9.17) is 9.47 Å². The lowest BCUT2D eigenvalue weighted by atomic mass is 9.96. The van der Waals surface area contributed by atoms with Gasteiger partial charge in [-0.25, -0.2) is 4.98 Å². The van der Waals surface area contributed by atoms with Gasteiger partial charge in [-0.3, -0.25) is 9.78 Å². The first kappa shape index (κ1) is 16.0. The van der Waals surface area contributed by atoms with Gasteiger partial charge in [-0.05, 0) is 30.4 Å². The average Bonchev–Trinajstić information content (AvgIpc) is 2.68. The van der Waals surface area contributed by atoms with Crippen LogP contribution in [-0.2, 0) is 16.0 Å². The minimum Gasteiger partial charge on any atom is -0.471 e. The smallest absolute Gasteiger partial charge is 0.256 e. The molecular weight excluding hydrogens is 318 g/mol. The summed E-state index contributed by atoms with van der Waals surface area (Å²) in [7, 11) is 0. The first-order chi connectivity index (χ1) is 12.3. The van der Waals surface area contributed by atoms with E-state index in [2.05, 4.69) is 16.0 Å². The molecule has 4 rings (SSSR count). The van der Waals surface area contributed by atoms with Gasteiger partial charge in [0.2, 0.25) is 5.88 Å². The molecule has 2 aliphatic rings. The summed E-state index contributed by atoms with van der Waals surface area (Å²) in [5, 5.41) is 0. The van der Waals surface area contributed by atoms with Gasteiger partial charge in [0.05, 0.1) is 19.3 Å². The number of carbonyl (C=O) groups excluding carboxylic acids is 1. The number of aromatic nitrogens is 2. The highest BCUT2D eigenvalue weighted by atomic mass is 16.5. The molecule has 1 amide bonds. The van der Waals surface area contributed by atoms with E-state index < -0.39 is 6.10 Å². The van der Waals surface area contributed by atoms with Gasteiger partial charge in [0.25, 0.3) is 5.91 Å². The van der Waals surface area contributed by atoms with Crippen molar-refractivity contribution >= 4 is 5.91 Å². The minimum atomic E-state index is -0.500. The van der Waals surface area contributed by atoms with Crippen molar-refractivity contribution < 1.29 is 14.3 Å². The summed E-state index contributed by atoms with van der Waals surface area (Å²) in [6.45, 7) is 1.87. The Morgan fingerprint density at radius 1 is 1.28 bits per heavy atom. The molecule has 3 heterocycles. The molecule has 1 fully saturated rings. The first-order valence-corrected chi connectivity index (χ1v) is 8.72. The van der Waals surface area contributed by atoms with Crippen LogP contribution in [0.4, 0.5) is 0 Å². The summed E-state index contributed by atoms with van der Waals surface area (Å²) >= 11 is 0. The van der Waals surface area contributed by atoms with E-state index in [1.165, 1.54) is 5.56 Å². The third kappa shape index (κ3) is 3.49. The molecule has 130 valence electrons. The Morgan fingerprint density at radius 2 is 2.20 bits per heavy atom. The second-order valence-corrected chi connectivity index (χ2v) is 6.41. The zero-order valence-electron chi connectivity index (χ0n) is 14.0. The number of fused-ring (bicyclic) bond motifs is 1. The molecule has 0 saturated carbocycles. The molecule has 2 atom stereocenters. The van der Waals surface area contributed by atoms with Crippen LogP contribution in [0.5, 0.6) is 5.88 Å². The number of piperidine rings is 1. The highest BCUT2D eigenvalue weighted by Crippen LogP contribution is 2.29. The van der Waals surface area contributed by atoms with Crippen molar-refractivity contribution in [1.29, 1.82) is 0 Å². The molecule has 0 radical (unpaired) electrons. The molecule has 6 heteroatoms. The van der Waals surface area contributed by atoms with E-state index in [0.29, 0.717) is 19.0 Å². The number of amides is 1. The van der Waals surface area contributed by atoms with Crippen molar-refractivity contribution in [1.82, 2.24) is 14.9 Å². The fourth-order valence-corrected chi connectivity index (χ4v) is 3.52. The molecule has 6 nitrogen and oxygen atoms in total. The zero-order valence-corrected chi connectivity index (χ0v) is 14.0. The molecule has 0 N–H and O–H groups in total. The summed E-state index contributed by atoms with van der Waals surface area (Å²) in [6.07, 6.45) is 6.93. The Labute approximate surface area is 146 Å². The third-order valence-corrected chi connectivity index (χ3v) is 4.73. The third-order valence-electron chi connectivity index (χ3n) is 4.73. The lowest BCUT2D eigenvalue weighted by molar-refractivity contribution is -0.147. The van der Waals surface area contributed by atoms with Crippen molar-refractivity contribution in [2.24, 2.45) is 0 Å². The minimum absolute atomic E-state index is 0.0274. The van der Waals surface area contributed by atoms with E-state index in [0.717, 1.165) is 31.4 Å². The van der Waals surface area contributed by atoms with Gasteiger partial charge in [-0.1, -0.05) is 24.3 Å². The first-order valence-electron chi connectivity index (χ1n) is 8.72. The maximum Gasteiger partial charge on any atom is 0.256 e. The fourth-order valence-electron chi connectivity index (χ4n) is 3.52. The van der Waals surface area contributed by atoms with E-state index >= 15 is 0 Å². The van der Waals surface area contributed by atoms with Crippen molar-refractivity contribution in [2.45, 2.75) is 31.5 Å². The fraction of sp³-hybridized carbons (Fsp3) is 0.421. The molecule has 1 saturated heterocycles. The molecule has 25 heavy (non-hydrogen) atoms. The second-order valence-electron chi connectivity index (χ2n) is 6.41. The van der Waals surface area contributed by atoms with Gasteiger partial charge in [-0.2, -0.15) is 0 Å². The Bertz CT molecular complexity index is 738. The van der Waals surface area contributed by atoms with E-state index in [9.17, 15) is 4.79 Å². The highest BCUT2D eigenvalue weighted by molar-refractivity contribution is 5.83. The van der Waals surface area contributed by atoms with E-state index in [1.807, 2.05) is 23.1 Å². The summed E-state index contributed by atoms with van der Waals surface area (Å²) in [5.41, 5.74) is 2.20. The number of ether oxygens (including phenoxy) is 2. The predicted molar refractivity (Wildman–Crippen MR) is 91.1 cm³/mol. The molecule has 1 aromatic carbocycles. The van der Waals surface area contributed by atoms with Crippen LogP contribution >= 0.6 is 0 Å². The molecule has 2 aromatic rings. The lowest BCUT2D eigenvalue weighted by Gasteiger charge is -2.36. The van der Waals surface area contributed by atoms with Gasteiger partial charge in [0, 0.05) is 18.9 Å². The topological polar surface area (TPSA) is 64.5 Å². The van der Waals surface area contributed by atoms with Gasteiger partial charge in [0.15, 0.2) is 6.10 Å². The standard InChI is InChI=1S/C19H21N3O3/c23-19(18-16-6-2-1-4-14(16)7-11-24-18)22-10-3-5-15(13-22)25-17-12-20-8-9-21-17/h1-2,4,6,8-9,12,15,18H,3,5,7,10-11,13H2. The molecule has 2 aliphatic heterocycles. The summed E-state index contributed by atoms with van der Waals surface area (Å²) < 4.78 is 11.7. The number of benzene rings is 1. The van der Waals surface area contributed by atoms with Crippen LogP contribution in [0, 0.1) is 0 Å². The normalized spacial score (nSPS) is 23.0. The van der Waals surface area contributed by atoms with Crippen LogP contribution in [0.1, 0.15) is 30.1 Å². The second kappa shape index (κ2) is 7.19. The molecule has 1 aromatic heterocycles. The summed E-state index contributed by atoms with van der Waals surface area (Å²) in [6, 6.07) is 8.05. The molecule has 0 spiro atoms. The lowest BCUT2D eigenvalue weighted by Crippen LogP contribution is -2.47. The van der Waals surface area contributed by atoms with Crippen molar-refractivity contribution in [2.75, 3.05) is 19.7 Å². The largest absolute Gasteiger partial charge is 0.471 e. The van der Waals surface area contributed by atoms with Crippen molar-refractivity contribution in [3.63, 3.8) is 0 Å². The predicted octanol–water partition coefficient (Wildman–Crippen LogP) is 2.16. The van der Waals surface area contributed by atoms with Crippen molar-refractivity contribution in [3.05, 3.63) is 54.0 Å². The Kier molecular flexibility index (Phi) is 4.61. The molecule has 2 unspecified atom stereocenters. The van der Waals surface area contributed by atoms with E-state index in [-0.39, 0.29) is 12.0 Å². The van der Waals surface area contributed by atoms with Crippen LogP contribution in [0.25, 0.3) is 0 Å². The van der Waals surface area contributed by atoms with E-state index in [1.54, 1.807) is 18.6 Å². The summed E-state index contributed by atoms with van der Waals surface area (Å²) in [5.74, 6) is 0.528. The van der Waals surface area contributed by atoms with Crippen LogP contribution in [-0.4, -0.2) is 46.6 Å². The number of carbonyl (C=O) groups is 1. The quantitative estimate of drug-likeness (QED) is 0.857. The van der Waals surface area contributed by atoms with Gasteiger partial charge < -0.3 is 14.4 Å².